The summed E-state index contributed by atoms with van der Waals surface area (Å²) in [6, 6.07) is 7.49. The number of methoxy groups -OCH3 is 4. The molecule has 0 amide bonds. The van der Waals surface area contributed by atoms with Crippen LogP contribution in [-0.4, -0.2) is 51.2 Å². The van der Waals surface area contributed by atoms with Gasteiger partial charge < -0.3 is 24.1 Å². The molecule has 0 bridgehead atoms. The lowest BCUT2D eigenvalue weighted by Crippen LogP contribution is -2.32. The lowest BCUT2D eigenvalue weighted by Gasteiger charge is -2.18. The molecule has 27 heavy (non-hydrogen) atoms. The highest BCUT2D eigenvalue weighted by atomic mass is 16.5. The number of aryl methyl sites for hydroxylation is 1. The molecule has 7 nitrogen and oxygen atoms in total. The maximum Gasteiger partial charge on any atom is 0.203 e. The highest BCUT2D eigenvalue weighted by Crippen LogP contribution is 2.35. The third-order valence-corrected chi connectivity index (χ3v) is 4.10. The second-order valence-corrected chi connectivity index (χ2v) is 5.77. The average Bonchev–Trinajstić information content (AvgIpc) is 2.66. The predicted octanol–water partition coefficient (Wildman–Crippen LogP) is 2.81. The summed E-state index contributed by atoms with van der Waals surface area (Å²) in [5, 5.41) is 10.1. The molecule has 1 atom stereocenters. The molecule has 2 rings (SSSR count). The number of rotatable bonds is 8. The number of benzene rings is 2. The number of carbonyl (C=O) groups is 2. The van der Waals surface area contributed by atoms with Gasteiger partial charge in [-0.2, -0.15) is 0 Å². The third kappa shape index (κ3) is 4.03. The van der Waals surface area contributed by atoms with Crippen molar-refractivity contribution in [1.82, 2.24) is 0 Å². The summed E-state index contributed by atoms with van der Waals surface area (Å²) in [6.45, 7) is 1.78. The topological polar surface area (TPSA) is 91.3 Å². The van der Waals surface area contributed by atoms with Crippen LogP contribution >= 0.6 is 0 Å². The van der Waals surface area contributed by atoms with Crippen molar-refractivity contribution in [3.63, 3.8) is 0 Å². The van der Waals surface area contributed by atoms with Gasteiger partial charge in [0.2, 0.25) is 11.6 Å². The summed E-state index contributed by atoms with van der Waals surface area (Å²) in [5.41, 5.74) is 0.882. The van der Waals surface area contributed by atoms with Crippen molar-refractivity contribution in [2.45, 2.75) is 13.0 Å². The van der Waals surface area contributed by atoms with Gasteiger partial charge in [-0.3, -0.25) is 9.59 Å². The van der Waals surface area contributed by atoms with E-state index in [2.05, 4.69) is 0 Å². The van der Waals surface area contributed by atoms with Gasteiger partial charge in [-0.1, -0.05) is 6.07 Å². The highest BCUT2D eigenvalue weighted by Gasteiger charge is 2.32. The molecular formula is C20H22O7. The molecule has 0 heterocycles. The van der Waals surface area contributed by atoms with Gasteiger partial charge in [0.05, 0.1) is 32.5 Å². The number of hydrogen-bond donors (Lipinski definition) is 1. The maximum absolute atomic E-state index is 13.0. The number of ether oxygens (including phenoxy) is 4. The molecule has 0 aliphatic rings. The van der Waals surface area contributed by atoms with Crippen LogP contribution in [0.1, 0.15) is 26.3 Å². The Bertz CT molecular complexity index is 858. The first-order valence-corrected chi connectivity index (χ1v) is 8.08. The first-order chi connectivity index (χ1) is 12.9. The SMILES string of the molecule is COc1cc(OC)c(C(=O)C(OC)C(=O)c2ccc(C)cc2O)cc1OC. The summed E-state index contributed by atoms with van der Waals surface area (Å²) >= 11 is 0. The number of carbonyl (C=O) groups excluding carboxylic acids is 2. The molecule has 1 N–H and O–H groups in total. The minimum Gasteiger partial charge on any atom is -0.507 e. The minimum absolute atomic E-state index is 0.000225. The summed E-state index contributed by atoms with van der Waals surface area (Å²) in [4.78, 5) is 25.8. The molecule has 0 radical (unpaired) electrons. The number of Topliss-reactive ketones (excluding diaryl/α,β-unsaturated/α-hetero) is 2. The molecule has 0 aliphatic carbocycles. The number of phenolic OH excluding ortho intramolecular Hbond substituents is 1. The minimum atomic E-state index is -1.45. The molecule has 0 spiro atoms. The molecule has 2 aromatic carbocycles. The Hall–Kier alpha value is -3.06. The van der Waals surface area contributed by atoms with E-state index in [-0.39, 0.29) is 22.6 Å². The molecule has 7 heteroatoms. The standard InChI is InChI=1S/C20H22O7/c1-11-6-7-12(14(21)8-11)18(22)20(27-5)19(23)13-9-16(25-3)17(26-4)10-15(13)24-2/h6-10,20-21H,1-5H3. The van der Waals surface area contributed by atoms with Gasteiger partial charge >= 0.3 is 0 Å². The fourth-order valence-corrected chi connectivity index (χ4v) is 2.69. The highest BCUT2D eigenvalue weighted by molar-refractivity contribution is 6.20. The average molecular weight is 374 g/mol. The first-order valence-electron chi connectivity index (χ1n) is 8.08. The second kappa shape index (κ2) is 8.55. The van der Waals surface area contributed by atoms with Gasteiger partial charge in [0, 0.05) is 13.2 Å². The Labute approximate surface area is 157 Å². The van der Waals surface area contributed by atoms with Gasteiger partial charge in [-0.15, -0.1) is 0 Å². The summed E-state index contributed by atoms with van der Waals surface area (Å²) in [6.07, 6.45) is -1.45. The fourth-order valence-electron chi connectivity index (χ4n) is 2.69. The molecule has 0 aliphatic heterocycles. The van der Waals surface area contributed by atoms with Crippen molar-refractivity contribution < 1.29 is 33.6 Å². The number of hydrogen-bond acceptors (Lipinski definition) is 7. The quantitative estimate of drug-likeness (QED) is 0.561. The zero-order valence-electron chi connectivity index (χ0n) is 15.9. The van der Waals surface area contributed by atoms with Crippen LogP contribution in [0, 0.1) is 6.92 Å². The van der Waals surface area contributed by atoms with Gasteiger partial charge in [0.15, 0.2) is 17.6 Å². The Kier molecular flexibility index (Phi) is 6.41. The van der Waals surface area contributed by atoms with E-state index >= 15 is 0 Å². The first kappa shape index (κ1) is 20.3. The van der Waals surface area contributed by atoms with Gasteiger partial charge in [0.25, 0.3) is 0 Å². The Balaban J connectivity index is 2.48. The van der Waals surface area contributed by atoms with Crippen molar-refractivity contribution >= 4 is 11.6 Å². The van der Waals surface area contributed by atoms with E-state index in [1.54, 1.807) is 13.0 Å². The Morgan fingerprint density at radius 3 is 1.89 bits per heavy atom. The lowest BCUT2D eigenvalue weighted by atomic mass is 9.96. The number of aromatic hydroxyl groups is 1. The van der Waals surface area contributed by atoms with E-state index in [9.17, 15) is 14.7 Å². The normalized spacial score (nSPS) is 11.6. The maximum atomic E-state index is 13.0. The van der Waals surface area contributed by atoms with Crippen molar-refractivity contribution in [1.29, 1.82) is 0 Å². The van der Waals surface area contributed by atoms with E-state index < -0.39 is 17.7 Å². The van der Waals surface area contributed by atoms with E-state index in [1.807, 2.05) is 0 Å². The van der Waals surface area contributed by atoms with Gasteiger partial charge in [-0.25, -0.2) is 0 Å². The van der Waals surface area contributed by atoms with Crippen molar-refractivity contribution in [2.75, 3.05) is 28.4 Å². The molecule has 0 fully saturated rings. The van der Waals surface area contributed by atoms with Crippen LogP contribution in [0.2, 0.25) is 0 Å². The van der Waals surface area contributed by atoms with Crippen LogP contribution < -0.4 is 14.2 Å². The fraction of sp³-hybridized carbons (Fsp3) is 0.300. The summed E-state index contributed by atoms with van der Waals surface area (Å²) in [7, 11) is 5.54. The van der Waals surface area contributed by atoms with E-state index in [0.29, 0.717) is 11.5 Å². The molecular weight excluding hydrogens is 352 g/mol. The van der Waals surface area contributed by atoms with E-state index in [4.69, 9.17) is 18.9 Å². The monoisotopic (exact) mass is 374 g/mol. The zero-order valence-corrected chi connectivity index (χ0v) is 15.9. The molecule has 1 unspecified atom stereocenters. The Morgan fingerprint density at radius 2 is 1.37 bits per heavy atom. The molecule has 0 saturated heterocycles. The predicted molar refractivity (Wildman–Crippen MR) is 98.4 cm³/mol. The Morgan fingerprint density at radius 1 is 0.815 bits per heavy atom. The molecule has 2 aromatic rings. The van der Waals surface area contributed by atoms with Crippen molar-refractivity contribution in [3.8, 4) is 23.0 Å². The van der Waals surface area contributed by atoms with Crippen LogP contribution in [0.15, 0.2) is 30.3 Å². The second-order valence-electron chi connectivity index (χ2n) is 5.77. The van der Waals surface area contributed by atoms with Gasteiger partial charge in [-0.05, 0) is 30.7 Å². The van der Waals surface area contributed by atoms with Gasteiger partial charge in [0.1, 0.15) is 11.5 Å². The summed E-state index contributed by atoms with van der Waals surface area (Å²) < 4.78 is 20.8. The van der Waals surface area contributed by atoms with Crippen LogP contribution in [-0.2, 0) is 4.74 Å². The van der Waals surface area contributed by atoms with Crippen molar-refractivity contribution in [3.05, 3.63) is 47.0 Å². The third-order valence-electron chi connectivity index (χ3n) is 4.10. The largest absolute Gasteiger partial charge is 0.507 e. The van der Waals surface area contributed by atoms with Crippen LogP contribution in [0.3, 0.4) is 0 Å². The van der Waals surface area contributed by atoms with E-state index in [0.717, 1.165) is 5.56 Å². The van der Waals surface area contributed by atoms with Crippen LogP contribution in [0.4, 0.5) is 0 Å². The van der Waals surface area contributed by atoms with E-state index in [1.165, 1.54) is 52.7 Å². The lowest BCUT2D eigenvalue weighted by molar-refractivity contribution is 0.0510. The molecule has 0 saturated carbocycles. The summed E-state index contributed by atoms with van der Waals surface area (Å²) in [5.74, 6) is -0.601. The number of phenols is 1. The van der Waals surface area contributed by atoms with Crippen LogP contribution in [0.5, 0.6) is 23.0 Å². The van der Waals surface area contributed by atoms with Crippen LogP contribution in [0.25, 0.3) is 0 Å². The molecule has 144 valence electrons. The van der Waals surface area contributed by atoms with Crippen molar-refractivity contribution in [2.24, 2.45) is 0 Å². The number of ketones is 2. The smallest absolute Gasteiger partial charge is 0.203 e. The zero-order chi connectivity index (χ0) is 20.1. The molecule has 0 aromatic heterocycles.